The number of aryl methyl sites for hydroxylation is 1. The van der Waals surface area contributed by atoms with Gasteiger partial charge in [0.15, 0.2) is 0 Å². The van der Waals surface area contributed by atoms with Crippen LogP contribution in [0.25, 0.3) is 0 Å². The minimum Gasteiger partial charge on any atom is -0.356 e. The van der Waals surface area contributed by atoms with Crippen molar-refractivity contribution in [3.8, 4) is 0 Å². The van der Waals surface area contributed by atoms with E-state index in [4.69, 9.17) is 11.6 Å². The molecule has 2 atom stereocenters. The molecule has 2 unspecified atom stereocenters. The number of urea groups is 1. The number of amides is 5. The third-order valence-corrected chi connectivity index (χ3v) is 8.09. The number of carbonyl (C=O) groups is 4. The molecule has 4 rings (SSSR count). The van der Waals surface area contributed by atoms with Gasteiger partial charge in [-0.15, -0.1) is 0 Å². The van der Waals surface area contributed by atoms with Crippen molar-refractivity contribution in [3.63, 3.8) is 0 Å². The van der Waals surface area contributed by atoms with Gasteiger partial charge in [-0.05, 0) is 73.9 Å². The summed E-state index contributed by atoms with van der Waals surface area (Å²) in [5, 5.41) is 6.49. The smallest absolute Gasteiger partial charge is 0.327 e. The lowest BCUT2D eigenvalue weighted by Gasteiger charge is -2.46. The van der Waals surface area contributed by atoms with Crippen LogP contribution in [-0.2, 0) is 27.2 Å². The van der Waals surface area contributed by atoms with Gasteiger partial charge in [0, 0.05) is 36.3 Å². The van der Waals surface area contributed by atoms with Crippen molar-refractivity contribution in [1.29, 1.82) is 0 Å². The van der Waals surface area contributed by atoms with Crippen molar-refractivity contribution in [2.45, 2.75) is 70.8 Å². The average Bonchev–Trinajstić information content (AvgIpc) is 2.96. The molecule has 214 valence electrons. The van der Waals surface area contributed by atoms with Gasteiger partial charge in [-0.25, -0.2) is 4.79 Å². The SMILES string of the molecule is CCc1ccc(NC(=O)CN2C(=O)N(CCCCC(=O)NCCc3ccc(Cl)cc3)C(=O)C3CCCCC32)cc1. The lowest BCUT2D eigenvalue weighted by Crippen LogP contribution is -2.63. The number of rotatable bonds is 12. The first kappa shape index (κ1) is 29.6. The van der Waals surface area contributed by atoms with Crippen LogP contribution in [0.4, 0.5) is 10.5 Å². The molecule has 2 fully saturated rings. The third-order valence-electron chi connectivity index (χ3n) is 7.83. The number of benzene rings is 2. The molecule has 1 saturated heterocycles. The Morgan fingerprint density at radius 3 is 2.35 bits per heavy atom. The number of nitrogens with one attached hydrogen (secondary N) is 2. The number of hydrogen-bond donors (Lipinski definition) is 2. The highest BCUT2D eigenvalue weighted by atomic mass is 35.5. The Bertz CT molecular complexity index is 1180. The molecule has 5 amide bonds. The fraction of sp³-hybridized carbons (Fsp3) is 0.484. The zero-order valence-electron chi connectivity index (χ0n) is 23.2. The summed E-state index contributed by atoms with van der Waals surface area (Å²) >= 11 is 5.91. The summed E-state index contributed by atoms with van der Waals surface area (Å²) in [7, 11) is 0. The molecule has 2 aromatic carbocycles. The molecule has 40 heavy (non-hydrogen) atoms. The van der Waals surface area contributed by atoms with Crippen molar-refractivity contribution >= 4 is 41.0 Å². The Morgan fingerprint density at radius 1 is 0.925 bits per heavy atom. The van der Waals surface area contributed by atoms with Crippen molar-refractivity contribution < 1.29 is 19.2 Å². The number of unbranched alkanes of at least 4 members (excludes halogenated alkanes) is 1. The lowest BCUT2D eigenvalue weighted by molar-refractivity contribution is -0.141. The van der Waals surface area contributed by atoms with E-state index in [0.717, 1.165) is 44.1 Å². The van der Waals surface area contributed by atoms with E-state index in [1.807, 2.05) is 48.5 Å². The average molecular weight is 567 g/mol. The maximum atomic E-state index is 13.5. The van der Waals surface area contributed by atoms with Crippen LogP contribution in [0.3, 0.4) is 0 Å². The van der Waals surface area contributed by atoms with E-state index >= 15 is 0 Å². The van der Waals surface area contributed by atoms with Gasteiger partial charge in [0.2, 0.25) is 17.7 Å². The monoisotopic (exact) mass is 566 g/mol. The summed E-state index contributed by atoms with van der Waals surface area (Å²) in [4.78, 5) is 54.8. The van der Waals surface area contributed by atoms with Crippen molar-refractivity contribution in [1.82, 2.24) is 15.1 Å². The number of nitrogens with zero attached hydrogens (tertiary/aromatic N) is 2. The molecule has 0 spiro atoms. The summed E-state index contributed by atoms with van der Waals surface area (Å²) in [6, 6.07) is 14.6. The largest absolute Gasteiger partial charge is 0.356 e. The Labute approximate surface area is 241 Å². The normalized spacial score (nSPS) is 18.9. The van der Waals surface area contributed by atoms with Gasteiger partial charge in [-0.2, -0.15) is 0 Å². The first-order valence-electron chi connectivity index (χ1n) is 14.4. The van der Waals surface area contributed by atoms with E-state index in [2.05, 4.69) is 17.6 Å². The Balaban J connectivity index is 1.27. The van der Waals surface area contributed by atoms with E-state index < -0.39 is 6.03 Å². The molecular weight excluding hydrogens is 528 g/mol. The molecular formula is C31H39ClN4O4. The summed E-state index contributed by atoms with van der Waals surface area (Å²) in [5.74, 6) is -0.748. The van der Waals surface area contributed by atoms with E-state index in [-0.39, 0.29) is 42.8 Å². The minimum atomic E-state index is -0.406. The van der Waals surface area contributed by atoms with Gasteiger partial charge in [0.25, 0.3) is 0 Å². The van der Waals surface area contributed by atoms with Gasteiger partial charge in [-0.3, -0.25) is 19.3 Å². The van der Waals surface area contributed by atoms with Gasteiger partial charge < -0.3 is 15.5 Å². The molecule has 8 nitrogen and oxygen atoms in total. The highest BCUT2D eigenvalue weighted by molar-refractivity contribution is 6.30. The number of fused-ring (bicyclic) bond motifs is 1. The van der Waals surface area contributed by atoms with Crippen LogP contribution < -0.4 is 10.6 Å². The molecule has 1 aliphatic carbocycles. The number of anilines is 1. The summed E-state index contributed by atoms with van der Waals surface area (Å²) in [6.07, 6.45) is 6.38. The Kier molecular flexibility index (Phi) is 10.6. The molecule has 0 radical (unpaired) electrons. The maximum absolute atomic E-state index is 13.5. The zero-order valence-corrected chi connectivity index (χ0v) is 23.9. The van der Waals surface area contributed by atoms with Crippen LogP contribution in [0.2, 0.25) is 5.02 Å². The van der Waals surface area contributed by atoms with Gasteiger partial charge in [-0.1, -0.05) is 55.6 Å². The molecule has 2 aliphatic rings. The number of carbonyl (C=O) groups excluding carboxylic acids is 4. The molecule has 2 aromatic rings. The standard InChI is InChI=1S/C31H39ClN4O4/c1-2-22-12-16-25(17-13-22)34-29(38)21-36-27-8-4-3-7-26(27)30(39)35(31(36)40)20-6-5-9-28(37)33-19-18-23-10-14-24(32)15-11-23/h10-17,26-27H,2-9,18-21H2,1H3,(H,33,37)(H,34,38). The number of halogens is 1. The van der Waals surface area contributed by atoms with Crippen LogP contribution in [0.15, 0.2) is 48.5 Å². The molecule has 0 bridgehead atoms. The zero-order chi connectivity index (χ0) is 28.5. The van der Waals surface area contributed by atoms with Crippen LogP contribution in [-0.4, -0.2) is 59.2 Å². The Morgan fingerprint density at radius 2 is 1.62 bits per heavy atom. The van der Waals surface area contributed by atoms with Gasteiger partial charge in [0.05, 0.1) is 5.92 Å². The molecule has 1 aliphatic heterocycles. The van der Waals surface area contributed by atoms with Crippen LogP contribution in [0.5, 0.6) is 0 Å². The maximum Gasteiger partial charge on any atom is 0.327 e. The predicted octanol–water partition coefficient (Wildman–Crippen LogP) is 5.19. The summed E-state index contributed by atoms with van der Waals surface area (Å²) in [5.41, 5.74) is 2.96. The molecule has 0 aromatic heterocycles. The van der Waals surface area contributed by atoms with Gasteiger partial charge >= 0.3 is 6.03 Å². The first-order valence-corrected chi connectivity index (χ1v) is 14.8. The van der Waals surface area contributed by atoms with E-state index in [1.165, 1.54) is 10.5 Å². The summed E-state index contributed by atoms with van der Waals surface area (Å²) in [6.45, 7) is 2.76. The van der Waals surface area contributed by atoms with Crippen LogP contribution in [0.1, 0.15) is 63.0 Å². The highest BCUT2D eigenvalue weighted by Crippen LogP contribution is 2.34. The summed E-state index contributed by atoms with van der Waals surface area (Å²) < 4.78 is 0. The Hall–Kier alpha value is -3.39. The van der Waals surface area contributed by atoms with E-state index in [9.17, 15) is 19.2 Å². The minimum absolute atomic E-state index is 0.0529. The molecule has 2 N–H and O–H groups in total. The van der Waals surface area contributed by atoms with Gasteiger partial charge in [0.1, 0.15) is 6.54 Å². The van der Waals surface area contributed by atoms with E-state index in [1.54, 1.807) is 4.90 Å². The van der Waals surface area contributed by atoms with Crippen LogP contribution in [0, 0.1) is 5.92 Å². The highest BCUT2D eigenvalue weighted by Gasteiger charge is 2.47. The van der Waals surface area contributed by atoms with E-state index in [0.29, 0.717) is 36.5 Å². The fourth-order valence-electron chi connectivity index (χ4n) is 5.57. The molecule has 9 heteroatoms. The second kappa shape index (κ2) is 14.3. The fourth-order valence-corrected chi connectivity index (χ4v) is 5.70. The first-order chi connectivity index (χ1) is 19.4. The topological polar surface area (TPSA) is 98.8 Å². The van der Waals surface area contributed by atoms with Crippen molar-refractivity contribution in [2.75, 3.05) is 25.0 Å². The quantitative estimate of drug-likeness (QED) is 0.345. The van der Waals surface area contributed by atoms with Crippen molar-refractivity contribution in [3.05, 3.63) is 64.7 Å². The lowest BCUT2D eigenvalue weighted by atomic mass is 9.81. The number of hydrogen-bond acceptors (Lipinski definition) is 4. The molecule has 1 saturated carbocycles. The second-order valence-electron chi connectivity index (χ2n) is 10.6. The second-order valence-corrected chi connectivity index (χ2v) is 11.1. The van der Waals surface area contributed by atoms with Crippen LogP contribution >= 0.6 is 11.6 Å². The predicted molar refractivity (Wildman–Crippen MR) is 156 cm³/mol. The third kappa shape index (κ3) is 7.84. The molecule has 1 heterocycles. The number of imide groups is 1. The van der Waals surface area contributed by atoms with Crippen molar-refractivity contribution in [2.24, 2.45) is 5.92 Å².